The van der Waals surface area contributed by atoms with Crippen LogP contribution in [0.5, 0.6) is 5.75 Å². The number of nitrogens with one attached hydrogen (secondary N) is 1. The Hall–Kier alpha value is -1.15. The van der Waals surface area contributed by atoms with E-state index in [0.29, 0.717) is 30.9 Å². The van der Waals surface area contributed by atoms with E-state index < -0.39 is 10.0 Å². The molecule has 1 aromatic rings. The van der Waals surface area contributed by atoms with Crippen molar-refractivity contribution in [2.24, 2.45) is 5.73 Å². The molecule has 0 radical (unpaired) electrons. The number of rotatable bonds is 6. The van der Waals surface area contributed by atoms with Crippen molar-refractivity contribution >= 4 is 10.0 Å². The minimum atomic E-state index is -3.58. The largest absolute Gasteiger partial charge is 0.494 e. The number of benzene rings is 1. The van der Waals surface area contributed by atoms with Crippen molar-refractivity contribution < 1.29 is 17.9 Å². The fourth-order valence-corrected chi connectivity index (χ4v) is 3.72. The molecule has 7 heteroatoms. The molecule has 0 aliphatic carbocycles. The van der Waals surface area contributed by atoms with Crippen LogP contribution in [0.3, 0.4) is 0 Å². The number of hydrogen-bond donors (Lipinski definition) is 2. The summed E-state index contributed by atoms with van der Waals surface area (Å²) in [6, 6.07) is 4.55. The van der Waals surface area contributed by atoms with Crippen molar-refractivity contribution in [3.05, 3.63) is 23.8 Å². The van der Waals surface area contributed by atoms with Crippen LogP contribution in [0.1, 0.15) is 25.8 Å². The van der Waals surface area contributed by atoms with Gasteiger partial charge < -0.3 is 15.2 Å². The topological polar surface area (TPSA) is 90.7 Å². The van der Waals surface area contributed by atoms with E-state index >= 15 is 0 Å². The molecule has 0 amide bonds. The molecule has 2 atom stereocenters. The Bertz CT molecular complexity index is 589. The minimum Gasteiger partial charge on any atom is -0.494 e. The maximum Gasteiger partial charge on any atom is 0.240 e. The second-order valence-corrected chi connectivity index (χ2v) is 6.71. The molecule has 0 saturated carbocycles. The highest BCUT2D eigenvalue weighted by molar-refractivity contribution is 7.89. The van der Waals surface area contributed by atoms with Gasteiger partial charge in [-0.05, 0) is 38.5 Å². The van der Waals surface area contributed by atoms with E-state index in [1.54, 1.807) is 12.1 Å². The lowest BCUT2D eigenvalue weighted by atomic mass is 10.2. The first kappa shape index (κ1) is 16.2. The number of nitrogens with two attached hydrogens (primary N) is 1. The Balaban J connectivity index is 2.23. The van der Waals surface area contributed by atoms with Gasteiger partial charge >= 0.3 is 0 Å². The third-order valence-electron chi connectivity index (χ3n) is 3.54. The van der Waals surface area contributed by atoms with Crippen LogP contribution < -0.4 is 15.2 Å². The molecule has 0 bridgehead atoms. The normalized spacial score (nSPS) is 22.4. The highest BCUT2D eigenvalue weighted by atomic mass is 32.2. The van der Waals surface area contributed by atoms with E-state index in [1.807, 2.05) is 13.8 Å². The molecule has 1 heterocycles. The molecule has 1 aromatic carbocycles. The van der Waals surface area contributed by atoms with Crippen molar-refractivity contribution in [3.8, 4) is 5.75 Å². The van der Waals surface area contributed by atoms with Crippen LogP contribution in [0, 0.1) is 0 Å². The number of ether oxygens (including phenoxy) is 2. The standard InChI is InChI=1S/C14H22N2O4S/c1-3-19-14-5-4-12(8-11(14)9-15)21(17,18)16-13-6-7-20-10(13)2/h4-5,8,10,13,16H,3,6-7,9,15H2,1-2H3. The van der Waals surface area contributed by atoms with E-state index in [-0.39, 0.29) is 23.6 Å². The molecule has 1 aliphatic rings. The summed E-state index contributed by atoms with van der Waals surface area (Å²) in [5, 5.41) is 0. The minimum absolute atomic E-state index is 0.114. The summed E-state index contributed by atoms with van der Waals surface area (Å²) < 4.78 is 38.3. The van der Waals surface area contributed by atoms with Crippen molar-refractivity contribution in [1.29, 1.82) is 0 Å². The monoisotopic (exact) mass is 314 g/mol. The average molecular weight is 314 g/mol. The molecule has 21 heavy (non-hydrogen) atoms. The summed E-state index contributed by atoms with van der Waals surface area (Å²) in [6.07, 6.45) is 0.567. The molecular weight excluding hydrogens is 292 g/mol. The summed E-state index contributed by atoms with van der Waals surface area (Å²) in [5.41, 5.74) is 6.34. The Morgan fingerprint density at radius 3 is 2.81 bits per heavy atom. The predicted molar refractivity (Wildman–Crippen MR) is 79.6 cm³/mol. The van der Waals surface area contributed by atoms with E-state index in [0.717, 1.165) is 0 Å². The second kappa shape index (κ2) is 6.74. The maximum absolute atomic E-state index is 12.4. The molecular formula is C14H22N2O4S. The summed E-state index contributed by atoms with van der Waals surface area (Å²) in [4.78, 5) is 0.200. The van der Waals surface area contributed by atoms with Crippen LogP contribution in [-0.4, -0.2) is 33.8 Å². The lowest BCUT2D eigenvalue weighted by Crippen LogP contribution is -2.39. The number of hydrogen-bond acceptors (Lipinski definition) is 5. The van der Waals surface area contributed by atoms with E-state index in [1.165, 1.54) is 6.07 Å². The third kappa shape index (κ3) is 3.74. The van der Waals surface area contributed by atoms with Crippen molar-refractivity contribution in [2.75, 3.05) is 13.2 Å². The SMILES string of the molecule is CCOc1ccc(S(=O)(=O)NC2CCOC2C)cc1CN. The van der Waals surface area contributed by atoms with Crippen LogP contribution in [0.25, 0.3) is 0 Å². The van der Waals surface area contributed by atoms with E-state index in [9.17, 15) is 8.42 Å². The van der Waals surface area contributed by atoms with Gasteiger partial charge in [-0.25, -0.2) is 13.1 Å². The van der Waals surface area contributed by atoms with Crippen molar-refractivity contribution in [1.82, 2.24) is 4.72 Å². The summed E-state index contributed by atoms with van der Waals surface area (Å²) in [5.74, 6) is 0.622. The maximum atomic E-state index is 12.4. The summed E-state index contributed by atoms with van der Waals surface area (Å²) >= 11 is 0. The Kier molecular flexibility index (Phi) is 5.21. The zero-order valence-corrected chi connectivity index (χ0v) is 13.2. The Labute approximate surface area is 125 Å². The van der Waals surface area contributed by atoms with Gasteiger partial charge in [0.2, 0.25) is 10.0 Å². The fraction of sp³-hybridized carbons (Fsp3) is 0.571. The van der Waals surface area contributed by atoms with Crippen molar-refractivity contribution in [2.45, 2.75) is 43.9 Å². The van der Waals surface area contributed by atoms with Crippen LogP contribution in [0.4, 0.5) is 0 Å². The lowest BCUT2D eigenvalue weighted by Gasteiger charge is -2.17. The van der Waals surface area contributed by atoms with Gasteiger partial charge in [0.1, 0.15) is 5.75 Å². The second-order valence-electron chi connectivity index (χ2n) is 5.00. The Morgan fingerprint density at radius 2 is 2.24 bits per heavy atom. The molecule has 1 aliphatic heterocycles. The highest BCUT2D eigenvalue weighted by Crippen LogP contribution is 2.23. The van der Waals surface area contributed by atoms with Crippen molar-refractivity contribution in [3.63, 3.8) is 0 Å². The average Bonchev–Trinajstić information content (AvgIpc) is 2.84. The quantitative estimate of drug-likeness (QED) is 0.817. The molecule has 1 fully saturated rings. The van der Waals surface area contributed by atoms with E-state index in [2.05, 4.69) is 4.72 Å². The summed E-state index contributed by atoms with van der Waals surface area (Å²) in [6.45, 7) is 5.04. The van der Waals surface area contributed by atoms with Gasteiger partial charge in [-0.2, -0.15) is 0 Å². The smallest absolute Gasteiger partial charge is 0.240 e. The van der Waals surface area contributed by atoms with Crippen LogP contribution in [0.15, 0.2) is 23.1 Å². The first-order valence-electron chi connectivity index (χ1n) is 7.07. The van der Waals surface area contributed by atoms with E-state index in [4.69, 9.17) is 15.2 Å². The first-order valence-corrected chi connectivity index (χ1v) is 8.56. The molecule has 118 valence electrons. The summed E-state index contributed by atoms with van der Waals surface area (Å²) in [7, 11) is -3.58. The zero-order chi connectivity index (χ0) is 15.5. The van der Waals surface area contributed by atoms with Gasteiger partial charge in [-0.15, -0.1) is 0 Å². The molecule has 2 unspecified atom stereocenters. The fourth-order valence-electron chi connectivity index (χ4n) is 2.33. The van der Waals surface area contributed by atoms with Crippen LogP contribution in [-0.2, 0) is 21.3 Å². The van der Waals surface area contributed by atoms with Gasteiger partial charge in [0.25, 0.3) is 0 Å². The molecule has 1 saturated heterocycles. The van der Waals surface area contributed by atoms with Gasteiger partial charge in [0.15, 0.2) is 0 Å². The molecule has 6 nitrogen and oxygen atoms in total. The highest BCUT2D eigenvalue weighted by Gasteiger charge is 2.29. The lowest BCUT2D eigenvalue weighted by molar-refractivity contribution is 0.117. The van der Waals surface area contributed by atoms with Crippen LogP contribution in [0.2, 0.25) is 0 Å². The number of sulfonamides is 1. The molecule has 0 spiro atoms. The van der Waals surface area contributed by atoms with Gasteiger partial charge in [0.05, 0.1) is 23.6 Å². The molecule has 2 rings (SSSR count). The zero-order valence-electron chi connectivity index (χ0n) is 12.3. The van der Waals surface area contributed by atoms with Gasteiger partial charge in [-0.3, -0.25) is 0 Å². The first-order chi connectivity index (χ1) is 9.97. The van der Waals surface area contributed by atoms with Crippen LogP contribution >= 0.6 is 0 Å². The molecule has 3 N–H and O–H groups in total. The predicted octanol–water partition coefficient (Wildman–Crippen LogP) is 1.000. The third-order valence-corrected chi connectivity index (χ3v) is 5.03. The molecule has 0 aromatic heterocycles. The van der Waals surface area contributed by atoms with Gasteiger partial charge in [-0.1, -0.05) is 0 Å². The van der Waals surface area contributed by atoms with Gasteiger partial charge in [0, 0.05) is 18.7 Å². The Morgan fingerprint density at radius 1 is 1.48 bits per heavy atom.